The van der Waals surface area contributed by atoms with Crippen molar-refractivity contribution < 1.29 is 4.74 Å². The molecule has 0 saturated carbocycles. The summed E-state index contributed by atoms with van der Waals surface area (Å²) in [5.74, 6) is 0.783. The van der Waals surface area contributed by atoms with Crippen molar-refractivity contribution >= 4 is 0 Å². The van der Waals surface area contributed by atoms with E-state index in [4.69, 9.17) is 4.74 Å². The molecule has 3 heteroatoms. The van der Waals surface area contributed by atoms with Gasteiger partial charge in [-0.2, -0.15) is 4.98 Å². The van der Waals surface area contributed by atoms with Gasteiger partial charge in [-0.1, -0.05) is 18.2 Å². The van der Waals surface area contributed by atoms with Crippen molar-refractivity contribution in [3.63, 3.8) is 0 Å². The Morgan fingerprint density at radius 2 is 2.08 bits per heavy atom. The van der Waals surface area contributed by atoms with Crippen molar-refractivity contribution in [2.75, 3.05) is 0 Å². The van der Waals surface area contributed by atoms with Crippen molar-refractivity contribution in [1.82, 2.24) is 9.55 Å². The first-order valence-electron chi connectivity index (χ1n) is 3.98. The molecule has 0 aliphatic carbocycles. The number of aromatic nitrogens is 2. The van der Waals surface area contributed by atoms with Crippen LogP contribution in [0.15, 0.2) is 36.5 Å². The predicted molar refractivity (Wildman–Crippen MR) is 48.6 cm³/mol. The van der Waals surface area contributed by atoms with Gasteiger partial charge >= 0.3 is 6.01 Å². The fraction of sp³-hybridized carbons (Fsp3) is 0.100. The summed E-state index contributed by atoms with van der Waals surface area (Å²) in [6, 6.07) is 10.1. The van der Waals surface area contributed by atoms with Gasteiger partial charge in [-0.3, -0.25) is 0 Å². The molecule has 0 unspecified atom stereocenters. The molecular weight excluding hydrogens is 164 g/mol. The first kappa shape index (κ1) is 7.86. The monoisotopic (exact) mass is 173 g/mol. The molecule has 1 aromatic heterocycles. The number of para-hydroxylation sites is 1. The molecule has 0 amide bonds. The molecule has 3 nitrogen and oxygen atoms in total. The Bertz CT molecular complexity index is 381. The van der Waals surface area contributed by atoms with Crippen LogP contribution in [-0.2, 0) is 7.05 Å². The average Bonchev–Trinajstić information content (AvgIpc) is 2.54. The normalized spacial score (nSPS) is 9.92. The predicted octanol–water partition coefficient (Wildman–Crippen LogP) is 2.01. The van der Waals surface area contributed by atoms with E-state index in [0.717, 1.165) is 5.75 Å². The number of rotatable bonds is 2. The van der Waals surface area contributed by atoms with Crippen molar-refractivity contribution in [3.05, 3.63) is 42.7 Å². The number of ether oxygens (including phenoxy) is 1. The Balaban J connectivity index is 2.20. The van der Waals surface area contributed by atoms with E-state index >= 15 is 0 Å². The molecule has 65 valence electrons. The lowest BCUT2D eigenvalue weighted by molar-refractivity contribution is 0.425. The van der Waals surface area contributed by atoms with Crippen LogP contribution in [0, 0.1) is 6.20 Å². The Morgan fingerprint density at radius 3 is 2.69 bits per heavy atom. The summed E-state index contributed by atoms with van der Waals surface area (Å²) in [5.41, 5.74) is 0. The van der Waals surface area contributed by atoms with E-state index in [9.17, 15) is 0 Å². The van der Waals surface area contributed by atoms with E-state index in [1.807, 2.05) is 37.4 Å². The molecule has 0 N–H and O–H groups in total. The minimum absolute atomic E-state index is 0.547. The molecule has 1 heterocycles. The minimum Gasteiger partial charge on any atom is -0.426 e. The lowest BCUT2D eigenvalue weighted by atomic mass is 10.3. The van der Waals surface area contributed by atoms with Gasteiger partial charge < -0.3 is 9.30 Å². The highest BCUT2D eigenvalue weighted by Gasteiger charge is 2.00. The van der Waals surface area contributed by atoms with Gasteiger partial charge in [0.05, 0.1) is 0 Å². The maximum Gasteiger partial charge on any atom is 0.302 e. The molecule has 1 radical (unpaired) electrons. The van der Waals surface area contributed by atoms with Gasteiger partial charge in [-0.05, 0) is 12.1 Å². The third-order valence-electron chi connectivity index (χ3n) is 1.67. The van der Waals surface area contributed by atoms with Crippen molar-refractivity contribution in [1.29, 1.82) is 0 Å². The Kier molecular flexibility index (Phi) is 2.00. The van der Waals surface area contributed by atoms with Crippen molar-refractivity contribution in [2.45, 2.75) is 0 Å². The van der Waals surface area contributed by atoms with E-state index in [2.05, 4.69) is 11.2 Å². The highest BCUT2D eigenvalue weighted by Crippen LogP contribution is 2.17. The first-order valence-corrected chi connectivity index (χ1v) is 3.98. The van der Waals surface area contributed by atoms with Crippen LogP contribution in [0.4, 0.5) is 0 Å². The van der Waals surface area contributed by atoms with E-state index < -0.39 is 0 Å². The molecule has 0 atom stereocenters. The highest BCUT2D eigenvalue weighted by atomic mass is 16.5. The van der Waals surface area contributed by atoms with Gasteiger partial charge in [0, 0.05) is 13.2 Å². The van der Waals surface area contributed by atoms with Crippen LogP contribution in [0.5, 0.6) is 11.8 Å². The topological polar surface area (TPSA) is 27.1 Å². The Labute approximate surface area is 76.6 Å². The number of benzene rings is 1. The Hall–Kier alpha value is -1.77. The average molecular weight is 173 g/mol. The van der Waals surface area contributed by atoms with Gasteiger partial charge in [0.15, 0.2) is 0 Å². The van der Waals surface area contributed by atoms with Crippen LogP contribution < -0.4 is 4.74 Å². The summed E-state index contributed by atoms with van der Waals surface area (Å²) in [6.07, 6.45) is 4.43. The van der Waals surface area contributed by atoms with E-state index in [-0.39, 0.29) is 0 Å². The van der Waals surface area contributed by atoms with Crippen molar-refractivity contribution in [3.8, 4) is 11.8 Å². The quantitative estimate of drug-likeness (QED) is 0.694. The minimum atomic E-state index is 0.547. The van der Waals surface area contributed by atoms with E-state index in [1.165, 1.54) is 0 Å². The van der Waals surface area contributed by atoms with Gasteiger partial charge in [0.2, 0.25) is 0 Å². The molecule has 0 bridgehead atoms. The summed E-state index contributed by atoms with van der Waals surface area (Å²) in [4.78, 5) is 3.93. The molecule has 13 heavy (non-hydrogen) atoms. The lowest BCUT2D eigenvalue weighted by Gasteiger charge is -2.03. The van der Waals surface area contributed by atoms with Crippen LogP contribution in [0.3, 0.4) is 0 Å². The SMILES string of the molecule is Cn1c[c]nc1Oc1ccccc1. The zero-order valence-corrected chi connectivity index (χ0v) is 7.27. The highest BCUT2D eigenvalue weighted by molar-refractivity contribution is 5.24. The third kappa shape index (κ3) is 1.69. The second kappa shape index (κ2) is 3.31. The number of hydrogen-bond donors (Lipinski definition) is 0. The molecular formula is C10H9N2O. The van der Waals surface area contributed by atoms with Crippen LogP contribution in [0.1, 0.15) is 0 Å². The molecule has 1 aromatic carbocycles. The zero-order valence-electron chi connectivity index (χ0n) is 7.27. The Morgan fingerprint density at radius 1 is 1.31 bits per heavy atom. The smallest absolute Gasteiger partial charge is 0.302 e. The summed E-state index contributed by atoms with van der Waals surface area (Å²) in [7, 11) is 1.86. The first-order chi connectivity index (χ1) is 6.36. The van der Waals surface area contributed by atoms with Crippen LogP contribution in [-0.4, -0.2) is 9.55 Å². The maximum atomic E-state index is 5.47. The molecule has 2 rings (SSSR count). The van der Waals surface area contributed by atoms with E-state index in [0.29, 0.717) is 6.01 Å². The van der Waals surface area contributed by atoms with Gasteiger partial charge in [0.1, 0.15) is 11.9 Å². The van der Waals surface area contributed by atoms with Gasteiger partial charge in [-0.25, -0.2) is 0 Å². The molecule has 0 aliphatic rings. The maximum absolute atomic E-state index is 5.47. The molecule has 0 aliphatic heterocycles. The number of nitrogens with zero attached hydrogens (tertiary/aromatic N) is 2. The van der Waals surface area contributed by atoms with Gasteiger partial charge in [-0.15, -0.1) is 0 Å². The molecule has 0 spiro atoms. The van der Waals surface area contributed by atoms with Crippen LogP contribution in [0.2, 0.25) is 0 Å². The fourth-order valence-corrected chi connectivity index (χ4v) is 0.994. The zero-order chi connectivity index (χ0) is 9.10. The van der Waals surface area contributed by atoms with E-state index in [1.54, 1.807) is 10.8 Å². The number of imidazole rings is 1. The summed E-state index contributed by atoms with van der Waals surface area (Å²) in [6.45, 7) is 0. The summed E-state index contributed by atoms with van der Waals surface area (Å²) in [5, 5.41) is 0. The molecule has 0 saturated heterocycles. The molecule has 2 aromatic rings. The second-order valence-corrected chi connectivity index (χ2v) is 2.68. The standard InChI is InChI=1S/C10H9N2O/c1-12-8-7-11-10(12)13-9-5-3-2-4-6-9/h2-6,8H,1H3. The lowest BCUT2D eigenvalue weighted by Crippen LogP contribution is -1.92. The fourth-order valence-electron chi connectivity index (χ4n) is 0.994. The van der Waals surface area contributed by atoms with Gasteiger partial charge in [0.25, 0.3) is 0 Å². The van der Waals surface area contributed by atoms with Crippen LogP contribution in [0.25, 0.3) is 0 Å². The molecule has 0 fully saturated rings. The number of aryl methyl sites for hydroxylation is 1. The van der Waals surface area contributed by atoms with Crippen LogP contribution >= 0.6 is 0 Å². The van der Waals surface area contributed by atoms with Crippen molar-refractivity contribution in [2.24, 2.45) is 7.05 Å². The largest absolute Gasteiger partial charge is 0.426 e. The third-order valence-corrected chi connectivity index (χ3v) is 1.67. The summed E-state index contributed by atoms with van der Waals surface area (Å²) >= 11 is 0. The number of hydrogen-bond acceptors (Lipinski definition) is 2. The second-order valence-electron chi connectivity index (χ2n) is 2.68. The summed E-state index contributed by atoms with van der Waals surface area (Å²) < 4.78 is 7.24.